The normalized spacial score (nSPS) is 16.4. The van der Waals surface area contributed by atoms with Crippen LogP contribution < -0.4 is 5.32 Å². The maximum atomic E-state index is 13.8. The van der Waals surface area contributed by atoms with Gasteiger partial charge in [-0.25, -0.2) is 4.79 Å². The highest BCUT2D eigenvalue weighted by Crippen LogP contribution is 2.48. The van der Waals surface area contributed by atoms with Crippen LogP contribution in [0, 0.1) is 11.3 Å². The van der Waals surface area contributed by atoms with E-state index in [1.54, 1.807) is 0 Å². The predicted octanol–water partition coefficient (Wildman–Crippen LogP) is 5.30. The maximum absolute atomic E-state index is 13.8. The number of ether oxygens (including phenoxy) is 1. The molecule has 37 heavy (non-hydrogen) atoms. The third kappa shape index (κ3) is 3.40. The first-order valence-electron chi connectivity index (χ1n) is 12.0. The molecule has 0 radical (unpaired) electrons. The molecule has 0 spiro atoms. The Morgan fingerprint density at radius 1 is 1.03 bits per heavy atom. The van der Waals surface area contributed by atoms with Crippen molar-refractivity contribution < 1.29 is 14.3 Å². The van der Waals surface area contributed by atoms with Crippen LogP contribution in [0.4, 0.5) is 0 Å². The molecule has 1 aliphatic heterocycles. The minimum Gasteiger partial charge on any atom is -0.466 e. The van der Waals surface area contributed by atoms with Crippen molar-refractivity contribution in [2.45, 2.75) is 19.4 Å². The Balaban J connectivity index is 1.59. The lowest BCUT2D eigenvalue weighted by atomic mass is 9.79. The number of Topliss-reactive ketones (excluding diaryl/α,β-unsaturated/α-hetero) is 1. The molecule has 1 aliphatic carbocycles. The maximum Gasteiger partial charge on any atom is 0.336 e. The van der Waals surface area contributed by atoms with Gasteiger partial charge < -0.3 is 14.6 Å². The van der Waals surface area contributed by atoms with E-state index in [1.165, 1.54) is 7.11 Å². The number of benzene rings is 3. The van der Waals surface area contributed by atoms with Crippen LogP contribution in [0.3, 0.4) is 0 Å². The molecule has 3 aromatic carbocycles. The molecule has 0 saturated heterocycles. The van der Waals surface area contributed by atoms with Gasteiger partial charge in [0.2, 0.25) is 0 Å². The summed E-state index contributed by atoms with van der Waals surface area (Å²) in [6, 6.07) is 25.3. The van der Waals surface area contributed by atoms with Crippen molar-refractivity contribution in [3.63, 3.8) is 0 Å². The first-order valence-corrected chi connectivity index (χ1v) is 12.0. The molecule has 0 amide bonds. The fourth-order valence-electron chi connectivity index (χ4n) is 5.61. The number of nitrogens with one attached hydrogen (secondary N) is 1. The molecule has 1 atom stereocenters. The molecular formula is C31H23N3O3. The summed E-state index contributed by atoms with van der Waals surface area (Å²) in [5.74, 6) is -1.18. The van der Waals surface area contributed by atoms with Crippen LogP contribution in [0.25, 0.3) is 16.6 Å². The quantitative estimate of drug-likeness (QED) is 0.397. The first kappa shape index (κ1) is 22.6. The molecule has 2 heterocycles. The second-order valence-electron chi connectivity index (χ2n) is 9.25. The number of carbonyl (C=O) groups excluding carboxylic acids is 2. The zero-order valence-electron chi connectivity index (χ0n) is 20.4. The number of esters is 1. The van der Waals surface area contributed by atoms with Gasteiger partial charge >= 0.3 is 5.97 Å². The van der Waals surface area contributed by atoms with Crippen molar-refractivity contribution in [3.05, 3.63) is 124 Å². The number of hydrogen-bond acceptors (Lipinski definition) is 5. The second kappa shape index (κ2) is 8.65. The number of aromatic nitrogens is 1. The van der Waals surface area contributed by atoms with E-state index in [9.17, 15) is 14.9 Å². The van der Waals surface area contributed by atoms with Crippen molar-refractivity contribution in [1.82, 2.24) is 9.88 Å². The van der Waals surface area contributed by atoms with E-state index in [1.807, 2.05) is 85.9 Å². The van der Waals surface area contributed by atoms with Gasteiger partial charge in [0, 0.05) is 46.0 Å². The van der Waals surface area contributed by atoms with Gasteiger partial charge in [0.1, 0.15) is 0 Å². The monoisotopic (exact) mass is 485 g/mol. The van der Waals surface area contributed by atoms with Crippen LogP contribution in [0.2, 0.25) is 0 Å². The van der Waals surface area contributed by atoms with Gasteiger partial charge in [-0.15, -0.1) is 0 Å². The van der Waals surface area contributed by atoms with Crippen molar-refractivity contribution in [3.8, 4) is 6.07 Å². The van der Waals surface area contributed by atoms with Gasteiger partial charge in [-0.2, -0.15) is 5.26 Å². The van der Waals surface area contributed by atoms with E-state index in [-0.39, 0.29) is 5.78 Å². The zero-order valence-corrected chi connectivity index (χ0v) is 20.4. The topological polar surface area (TPSA) is 84.1 Å². The summed E-state index contributed by atoms with van der Waals surface area (Å²) in [5.41, 5.74) is 7.13. The molecule has 0 unspecified atom stereocenters. The van der Waals surface area contributed by atoms with Crippen LogP contribution in [-0.4, -0.2) is 23.4 Å². The molecule has 6 rings (SSSR count). The van der Waals surface area contributed by atoms with Crippen LogP contribution in [0.15, 0.2) is 95.8 Å². The predicted molar refractivity (Wildman–Crippen MR) is 140 cm³/mol. The van der Waals surface area contributed by atoms with Crippen molar-refractivity contribution in [1.29, 1.82) is 5.26 Å². The smallest absolute Gasteiger partial charge is 0.336 e. The molecule has 6 heteroatoms. The fraction of sp³-hybridized carbons (Fsp3) is 0.129. The van der Waals surface area contributed by atoms with E-state index in [0.29, 0.717) is 34.5 Å². The second-order valence-corrected chi connectivity index (χ2v) is 9.25. The number of nitriles is 1. The third-order valence-electron chi connectivity index (χ3n) is 7.26. The highest BCUT2D eigenvalue weighted by atomic mass is 16.5. The number of fused-ring (bicyclic) bond motifs is 3. The standard InChI is InChI=1S/C31H23N3O3/c1-18-26(31(36)37-2)27(28-29(33-18)22-12-5-6-13-23(22)30(28)35)24-17-34(25-14-8-7-11-21(24)25)16-20-10-4-3-9-19(20)15-32/h3-14,17,27,33H,16H2,1-2H3/t27-/m1/s1. The SMILES string of the molecule is COC(=O)C1=C(C)NC2=C(C(=O)c3ccccc32)[C@@H]1c1cn(Cc2ccccc2C#N)c2ccccc12. The van der Waals surface area contributed by atoms with Gasteiger partial charge in [0.05, 0.1) is 35.9 Å². The molecular weight excluding hydrogens is 462 g/mol. The Hall–Kier alpha value is -4.89. The van der Waals surface area contributed by atoms with E-state index >= 15 is 0 Å². The van der Waals surface area contributed by atoms with Crippen molar-refractivity contribution in [2.75, 3.05) is 7.11 Å². The van der Waals surface area contributed by atoms with Gasteiger partial charge in [-0.3, -0.25) is 4.79 Å². The van der Waals surface area contributed by atoms with E-state index in [2.05, 4.69) is 16.0 Å². The number of dihydropyridines is 1. The molecule has 6 nitrogen and oxygen atoms in total. The highest BCUT2D eigenvalue weighted by molar-refractivity contribution is 6.23. The lowest BCUT2D eigenvalue weighted by Gasteiger charge is -2.28. The summed E-state index contributed by atoms with van der Waals surface area (Å²) in [6.45, 7) is 2.32. The summed E-state index contributed by atoms with van der Waals surface area (Å²) in [5, 5.41) is 13.9. The molecule has 4 aromatic rings. The zero-order chi connectivity index (χ0) is 25.7. The van der Waals surface area contributed by atoms with Gasteiger partial charge in [0.25, 0.3) is 0 Å². The highest BCUT2D eigenvalue weighted by Gasteiger charge is 2.43. The average Bonchev–Trinajstić information content (AvgIpc) is 3.43. The summed E-state index contributed by atoms with van der Waals surface area (Å²) < 4.78 is 7.29. The molecule has 180 valence electrons. The van der Waals surface area contributed by atoms with Gasteiger partial charge in [-0.1, -0.05) is 60.7 Å². The number of ketones is 1. The number of carbonyl (C=O) groups is 2. The Morgan fingerprint density at radius 2 is 1.73 bits per heavy atom. The molecule has 2 aliphatic rings. The Morgan fingerprint density at radius 3 is 2.51 bits per heavy atom. The Labute approximate surface area is 214 Å². The lowest BCUT2D eigenvalue weighted by Crippen LogP contribution is -2.29. The number of hydrogen-bond donors (Lipinski definition) is 1. The van der Waals surface area contributed by atoms with E-state index < -0.39 is 11.9 Å². The largest absolute Gasteiger partial charge is 0.466 e. The molecule has 0 saturated carbocycles. The number of methoxy groups -OCH3 is 1. The summed E-state index contributed by atoms with van der Waals surface area (Å²) in [7, 11) is 1.36. The third-order valence-corrected chi connectivity index (χ3v) is 7.26. The van der Waals surface area contributed by atoms with Crippen LogP contribution in [0.1, 0.15) is 45.5 Å². The number of nitrogens with zero attached hydrogens (tertiary/aromatic N) is 2. The lowest BCUT2D eigenvalue weighted by molar-refractivity contribution is -0.136. The van der Waals surface area contributed by atoms with Gasteiger partial charge in [-0.05, 0) is 30.2 Å². The minimum absolute atomic E-state index is 0.0938. The average molecular weight is 486 g/mol. The molecule has 0 bridgehead atoms. The summed E-state index contributed by atoms with van der Waals surface area (Å²) in [6.07, 6.45) is 2.01. The number of rotatable bonds is 4. The Kier molecular flexibility index (Phi) is 5.27. The minimum atomic E-state index is -0.610. The fourth-order valence-corrected chi connectivity index (χ4v) is 5.61. The van der Waals surface area contributed by atoms with E-state index in [0.717, 1.165) is 33.3 Å². The van der Waals surface area contributed by atoms with Crippen LogP contribution >= 0.6 is 0 Å². The summed E-state index contributed by atoms with van der Waals surface area (Å²) >= 11 is 0. The molecule has 1 aromatic heterocycles. The summed E-state index contributed by atoms with van der Waals surface area (Å²) in [4.78, 5) is 26.9. The number of allylic oxidation sites excluding steroid dienone is 2. The van der Waals surface area contributed by atoms with Gasteiger partial charge in [0.15, 0.2) is 5.78 Å². The van der Waals surface area contributed by atoms with Crippen LogP contribution in [-0.2, 0) is 16.1 Å². The van der Waals surface area contributed by atoms with E-state index in [4.69, 9.17) is 4.74 Å². The molecule has 0 fully saturated rings. The number of para-hydroxylation sites is 1. The first-order chi connectivity index (χ1) is 18.0. The molecule has 1 N–H and O–H groups in total. The van der Waals surface area contributed by atoms with Crippen LogP contribution in [0.5, 0.6) is 0 Å². The van der Waals surface area contributed by atoms with Crippen molar-refractivity contribution >= 4 is 28.4 Å². The Bertz CT molecular complexity index is 1730. The van der Waals surface area contributed by atoms with Crippen molar-refractivity contribution in [2.24, 2.45) is 0 Å².